The Morgan fingerprint density at radius 1 is 0.952 bits per heavy atom. The summed E-state index contributed by atoms with van der Waals surface area (Å²) in [5.74, 6) is 0.735. The van der Waals surface area contributed by atoms with Gasteiger partial charge < -0.3 is 14.6 Å². The topological polar surface area (TPSA) is 38.7 Å². The van der Waals surface area contributed by atoms with Gasteiger partial charge in [-0.05, 0) is 41.5 Å². The van der Waals surface area contributed by atoms with E-state index in [1.165, 1.54) is 6.08 Å². The Morgan fingerprint density at radius 3 is 1.90 bits per heavy atom. The van der Waals surface area contributed by atoms with Crippen molar-refractivity contribution >= 4 is 6.08 Å². The Kier molecular flexibility index (Phi) is 4.95. The molecule has 3 nitrogen and oxygen atoms in total. The zero-order chi connectivity index (χ0) is 15.2. The van der Waals surface area contributed by atoms with Crippen LogP contribution in [-0.2, 0) is 0 Å². The number of halogens is 1. The summed E-state index contributed by atoms with van der Waals surface area (Å²) >= 11 is 0. The molecule has 1 unspecified atom stereocenters. The maximum absolute atomic E-state index is 14.1. The van der Waals surface area contributed by atoms with Crippen molar-refractivity contribution in [1.29, 1.82) is 0 Å². The highest BCUT2D eigenvalue weighted by atomic mass is 19.1. The van der Waals surface area contributed by atoms with Gasteiger partial charge in [0.1, 0.15) is 23.4 Å². The van der Waals surface area contributed by atoms with Crippen LogP contribution in [0.1, 0.15) is 17.2 Å². The summed E-state index contributed by atoms with van der Waals surface area (Å²) in [6, 6.07) is 13.5. The minimum absolute atomic E-state index is 0.470. The molecule has 0 aliphatic carbocycles. The predicted octanol–water partition coefficient (Wildman–Crippen LogP) is 3.75. The molecular weight excluding hydrogens is 271 g/mol. The Balaban J connectivity index is 2.16. The Bertz CT molecular complexity index is 603. The molecule has 2 rings (SSSR count). The van der Waals surface area contributed by atoms with E-state index in [0.717, 1.165) is 0 Å². The van der Waals surface area contributed by atoms with Gasteiger partial charge in [-0.25, -0.2) is 4.39 Å². The number of hydrogen-bond donors (Lipinski definition) is 1. The maximum atomic E-state index is 14.1. The van der Waals surface area contributed by atoms with Crippen LogP contribution in [0.5, 0.6) is 11.5 Å². The molecule has 1 atom stereocenters. The molecule has 0 saturated heterocycles. The van der Waals surface area contributed by atoms with Crippen molar-refractivity contribution < 1.29 is 19.0 Å². The molecule has 0 fully saturated rings. The lowest BCUT2D eigenvalue weighted by Gasteiger charge is -2.10. The van der Waals surface area contributed by atoms with Gasteiger partial charge in [0.05, 0.1) is 14.2 Å². The van der Waals surface area contributed by atoms with Crippen LogP contribution in [0.3, 0.4) is 0 Å². The average molecular weight is 288 g/mol. The summed E-state index contributed by atoms with van der Waals surface area (Å²) in [4.78, 5) is 0. The highest BCUT2D eigenvalue weighted by molar-refractivity contribution is 5.54. The first kappa shape index (κ1) is 15.1. The molecule has 0 saturated carbocycles. The van der Waals surface area contributed by atoms with Gasteiger partial charge in [-0.15, -0.1) is 0 Å². The number of aliphatic hydroxyl groups is 1. The van der Waals surface area contributed by atoms with E-state index in [1.54, 1.807) is 62.8 Å². The SMILES string of the molecule is COc1ccc(/C=C(/F)C(O)c2ccc(OC)cc2)cc1. The number of hydrogen-bond acceptors (Lipinski definition) is 3. The van der Waals surface area contributed by atoms with Crippen molar-refractivity contribution in [3.8, 4) is 11.5 Å². The lowest BCUT2D eigenvalue weighted by atomic mass is 10.1. The highest BCUT2D eigenvalue weighted by Gasteiger charge is 2.13. The molecular formula is C17H17FO3. The van der Waals surface area contributed by atoms with Crippen molar-refractivity contribution in [2.45, 2.75) is 6.10 Å². The van der Waals surface area contributed by atoms with Gasteiger partial charge in [0, 0.05) is 0 Å². The van der Waals surface area contributed by atoms with Gasteiger partial charge in [-0.3, -0.25) is 0 Å². The lowest BCUT2D eigenvalue weighted by Crippen LogP contribution is -1.98. The molecule has 2 aromatic carbocycles. The van der Waals surface area contributed by atoms with Crippen LogP contribution in [0.2, 0.25) is 0 Å². The zero-order valence-electron chi connectivity index (χ0n) is 11.9. The van der Waals surface area contributed by atoms with Gasteiger partial charge in [0.25, 0.3) is 0 Å². The van der Waals surface area contributed by atoms with E-state index in [2.05, 4.69) is 0 Å². The van der Waals surface area contributed by atoms with Crippen LogP contribution in [0.25, 0.3) is 6.08 Å². The Hall–Kier alpha value is -2.33. The van der Waals surface area contributed by atoms with E-state index in [1.807, 2.05) is 0 Å². The molecule has 0 aromatic heterocycles. The normalized spacial score (nSPS) is 12.9. The fraction of sp³-hybridized carbons (Fsp3) is 0.176. The van der Waals surface area contributed by atoms with E-state index in [-0.39, 0.29) is 0 Å². The molecule has 110 valence electrons. The molecule has 4 heteroatoms. The molecule has 1 N–H and O–H groups in total. The molecule has 0 heterocycles. The minimum atomic E-state index is -1.29. The van der Waals surface area contributed by atoms with E-state index >= 15 is 0 Å². The number of ether oxygens (including phenoxy) is 2. The summed E-state index contributed by atoms with van der Waals surface area (Å²) in [7, 11) is 3.12. The third-order valence-electron chi connectivity index (χ3n) is 3.11. The van der Waals surface area contributed by atoms with Gasteiger partial charge in [-0.2, -0.15) is 0 Å². The summed E-state index contributed by atoms with van der Waals surface area (Å²) in [6.07, 6.45) is 0.00643. The number of rotatable bonds is 5. The first-order valence-electron chi connectivity index (χ1n) is 6.47. The summed E-state index contributed by atoms with van der Waals surface area (Å²) in [6.45, 7) is 0. The van der Waals surface area contributed by atoms with Crippen LogP contribution < -0.4 is 9.47 Å². The van der Waals surface area contributed by atoms with Crippen molar-refractivity contribution in [2.24, 2.45) is 0 Å². The van der Waals surface area contributed by atoms with E-state index in [9.17, 15) is 9.50 Å². The Morgan fingerprint density at radius 2 is 1.43 bits per heavy atom. The second kappa shape index (κ2) is 6.90. The van der Waals surface area contributed by atoms with Gasteiger partial charge in [0.15, 0.2) is 0 Å². The Labute approximate surface area is 123 Å². The molecule has 0 bridgehead atoms. The molecule has 21 heavy (non-hydrogen) atoms. The first-order valence-corrected chi connectivity index (χ1v) is 6.47. The molecule has 0 aliphatic rings. The van der Waals surface area contributed by atoms with Crippen molar-refractivity contribution in [2.75, 3.05) is 14.2 Å². The predicted molar refractivity (Wildman–Crippen MR) is 80.0 cm³/mol. The van der Waals surface area contributed by atoms with Crippen LogP contribution in [-0.4, -0.2) is 19.3 Å². The second-order valence-corrected chi connectivity index (χ2v) is 4.48. The first-order chi connectivity index (χ1) is 10.1. The largest absolute Gasteiger partial charge is 0.497 e. The highest BCUT2D eigenvalue weighted by Crippen LogP contribution is 2.26. The number of methoxy groups -OCH3 is 2. The maximum Gasteiger partial charge on any atom is 0.134 e. The molecule has 2 aromatic rings. The smallest absolute Gasteiger partial charge is 0.134 e. The monoisotopic (exact) mass is 288 g/mol. The summed E-state index contributed by atoms with van der Waals surface area (Å²) in [5, 5.41) is 10.0. The standard InChI is InChI=1S/C17H17FO3/c1-20-14-7-3-12(4-8-14)11-16(18)17(19)13-5-9-15(21-2)10-6-13/h3-11,17,19H,1-2H3/b16-11+. The van der Waals surface area contributed by atoms with Crippen molar-refractivity contribution in [1.82, 2.24) is 0 Å². The summed E-state index contributed by atoms with van der Waals surface area (Å²) in [5.41, 5.74) is 1.12. The average Bonchev–Trinajstić information content (AvgIpc) is 2.55. The zero-order valence-corrected chi connectivity index (χ0v) is 11.9. The minimum Gasteiger partial charge on any atom is -0.497 e. The second-order valence-electron chi connectivity index (χ2n) is 4.48. The third-order valence-corrected chi connectivity index (χ3v) is 3.11. The van der Waals surface area contributed by atoms with Gasteiger partial charge in [0.2, 0.25) is 0 Å². The van der Waals surface area contributed by atoms with E-state index < -0.39 is 11.9 Å². The van der Waals surface area contributed by atoms with E-state index in [4.69, 9.17) is 9.47 Å². The summed E-state index contributed by atoms with van der Waals surface area (Å²) < 4.78 is 24.1. The van der Waals surface area contributed by atoms with Crippen LogP contribution in [0.4, 0.5) is 4.39 Å². The quantitative estimate of drug-likeness (QED) is 0.910. The molecule has 0 radical (unpaired) electrons. The van der Waals surface area contributed by atoms with Gasteiger partial charge in [-0.1, -0.05) is 24.3 Å². The van der Waals surface area contributed by atoms with Crippen LogP contribution >= 0.6 is 0 Å². The molecule has 0 spiro atoms. The van der Waals surface area contributed by atoms with Crippen molar-refractivity contribution in [3.05, 3.63) is 65.5 Å². The van der Waals surface area contributed by atoms with Crippen LogP contribution in [0.15, 0.2) is 54.4 Å². The third kappa shape index (κ3) is 3.83. The molecule has 0 amide bonds. The van der Waals surface area contributed by atoms with Gasteiger partial charge >= 0.3 is 0 Å². The fourth-order valence-corrected chi connectivity index (χ4v) is 1.88. The molecule has 0 aliphatic heterocycles. The number of benzene rings is 2. The van der Waals surface area contributed by atoms with Crippen molar-refractivity contribution in [3.63, 3.8) is 0 Å². The lowest BCUT2D eigenvalue weighted by molar-refractivity contribution is 0.188. The van der Waals surface area contributed by atoms with Crippen LogP contribution in [0, 0.1) is 0 Å². The van der Waals surface area contributed by atoms with E-state index in [0.29, 0.717) is 22.6 Å². The fourth-order valence-electron chi connectivity index (χ4n) is 1.88. The number of aliphatic hydroxyl groups excluding tert-OH is 1.